The van der Waals surface area contributed by atoms with E-state index in [2.05, 4.69) is 17.1 Å². The molecule has 0 bridgehead atoms. The van der Waals surface area contributed by atoms with Crippen molar-refractivity contribution in [3.8, 4) is 0 Å². The van der Waals surface area contributed by atoms with Gasteiger partial charge >= 0.3 is 0 Å². The van der Waals surface area contributed by atoms with Crippen LogP contribution in [0, 0.1) is 0 Å². The monoisotopic (exact) mass is 222 g/mol. The largest absolute Gasteiger partial charge is 0.320 e. The minimum absolute atomic E-state index is 0.0471. The standard InChI is InChI=1S/C13H22N2O/c1-2-8-13-9-7-12(16)15(13)11-6-4-3-5-10(11)14-13/h10-11,14H,2-9H2,1H3. The molecule has 3 heteroatoms. The molecule has 3 atom stereocenters. The average Bonchev–Trinajstić information content (AvgIpc) is 2.75. The summed E-state index contributed by atoms with van der Waals surface area (Å²) >= 11 is 0. The second-order valence-electron chi connectivity index (χ2n) is 5.65. The van der Waals surface area contributed by atoms with Crippen LogP contribution in [0.1, 0.15) is 58.3 Å². The van der Waals surface area contributed by atoms with Crippen LogP contribution in [0.25, 0.3) is 0 Å². The summed E-state index contributed by atoms with van der Waals surface area (Å²) in [5, 5.41) is 3.80. The van der Waals surface area contributed by atoms with Crippen LogP contribution in [0.2, 0.25) is 0 Å². The summed E-state index contributed by atoms with van der Waals surface area (Å²) in [6.07, 6.45) is 9.20. The molecule has 3 unspecified atom stereocenters. The van der Waals surface area contributed by atoms with Crippen LogP contribution in [0.3, 0.4) is 0 Å². The van der Waals surface area contributed by atoms with Crippen molar-refractivity contribution in [2.75, 3.05) is 0 Å². The molecule has 3 aliphatic rings. The van der Waals surface area contributed by atoms with Crippen LogP contribution in [0.4, 0.5) is 0 Å². The number of hydrogen-bond donors (Lipinski definition) is 1. The van der Waals surface area contributed by atoms with E-state index in [1.54, 1.807) is 0 Å². The van der Waals surface area contributed by atoms with E-state index >= 15 is 0 Å². The summed E-state index contributed by atoms with van der Waals surface area (Å²) in [4.78, 5) is 14.3. The topological polar surface area (TPSA) is 32.3 Å². The summed E-state index contributed by atoms with van der Waals surface area (Å²) in [7, 11) is 0. The van der Waals surface area contributed by atoms with Crippen molar-refractivity contribution in [3.05, 3.63) is 0 Å². The van der Waals surface area contributed by atoms with Gasteiger partial charge in [-0.15, -0.1) is 0 Å². The van der Waals surface area contributed by atoms with Crippen molar-refractivity contribution in [2.45, 2.75) is 76.0 Å². The van der Waals surface area contributed by atoms with Crippen LogP contribution in [-0.2, 0) is 4.79 Å². The van der Waals surface area contributed by atoms with E-state index in [-0.39, 0.29) is 5.66 Å². The highest BCUT2D eigenvalue weighted by molar-refractivity contribution is 5.80. The average molecular weight is 222 g/mol. The fraction of sp³-hybridized carbons (Fsp3) is 0.923. The molecule has 0 aromatic carbocycles. The Morgan fingerprint density at radius 2 is 2.25 bits per heavy atom. The molecule has 1 N–H and O–H groups in total. The molecule has 1 amide bonds. The molecule has 2 heterocycles. The molecule has 1 saturated carbocycles. The van der Waals surface area contributed by atoms with Gasteiger partial charge in [0.25, 0.3) is 0 Å². The van der Waals surface area contributed by atoms with Crippen molar-refractivity contribution >= 4 is 5.91 Å². The third kappa shape index (κ3) is 1.33. The molecule has 3 fully saturated rings. The molecule has 1 aliphatic carbocycles. The van der Waals surface area contributed by atoms with Gasteiger partial charge in [0.1, 0.15) is 0 Å². The minimum Gasteiger partial charge on any atom is -0.320 e. The normalized spacial score (nSPS) is 42.3. The molecular formula is C13H22N2O. The van der Waals surface area contributed by atoms with Gasteiger partial charge < -0.3 is 4.90 Å². The van der Waals surface area contributed by atoms with Gasteiger partial charge in [0.05, 0.1) is 5.66 Å². The van der Waals surface area contributed by atoms with Crippen molar-refractivity contribution in [1.82, 2.24) is 10.2 Å². The zero-order valence-electron chi connectivity index (χ0n) is 10.2. The lowest BCUT2D eigenvalue weighted by molar-refractivity contribution is -0.132. The Balaban J connectivity index is 1.89. The van der Waals surface area contributed by atoms with Gasteiger partial charge in [-0.25, -0.2) is 0 Å². The Kier molecular flexibility index (Phi) is 2.46. The molecule has 2 aliphatic heterocycles. The maximum atomic E-state index is 12.1. The molecule has 3 rings (SSSR count). The predicted octanol–water partition coefficient (Wildman–Crippen LogP) is 2.02. The lowest BCUT2D eigenvalue weighted by Gasteiger charge is -2.35. The van der Waals surface area contributed by atoms with Crippen molar-refractivity contribution in [3.63, 3.8) is 0 Å². The quantitative estimate of drug-likeness (QED) is 0.775. The smallest absolute Gasteiger partial charge is 0.224 e. The summed E-state index contributed by atoms with van der Waals surface area (Å²) in [6, 6.07) is 1.10. The molecule has 90 valence electrons. The van der Waals surface area contributed by atoms with Crippen molar-refractivity contribution in [2.24, 2.45) is 0 Å². The Hall–Kier alpha value is -0.570. The van der Waals surface area contributed by atoms with Gasteiger partial charge in [0.15, 0.2) is 0 Å². The fourth-order valence-electron chi connectivity index (χ4n) is 4.10. The first-order valence-electron chi connectivity index (χ1n) is 6.87. The molecule has 0 spiro atoms. The SMILES string of the molecule is CCCC12CCC(=O)N1C1CCCCC1N2. The summed E-state index contributed by atoms with van der Waals surface area (Å²) in [5.41, 5.74) is 0.0471. The van der Waals surface area contributed by atoms with Crippen LogP contribution in [0.15, 0.2) is 0 Å². The van der Waals surface area contributed by atoms with E-state index in [9.17, 15) is 4.79 Å². The summed E-state index contributed by atoms with van der Waals surface area (Å²) < 4.78 is 0. The second kappa shape index (κ2) is 3.73. The van der Waals surface area contributed by atoms with E-state index in [4.69, 9.17) is 0 Å². The molecule has 16 heavy (non-hydrogen) atoms. The molecule has 3 nitrogen and oxygen atoms in total. The lowest BCUT2D eigenvalue weighted by atomic mass is 9.91. The Morgan fingerprint density at radius 3 is 3.06 bits per heavy atom. The number of amides is 1. The number of carbonyl (C=O) groups is 1. The highest BCUT2D eigenvalue weighted by Gasteiger charge is 2.56. The van der Waals surface area contributed by atoms with Gasteiger partial charge in [-0.3, -0.25) is 10.1 Å². The number of nitrogens with zero attached hydrogens (tertiary/aromatic N) is 1. The number of rotatable bonds is 2. The zero-order valence-corrected chi connectivity index (χ0v) is 10.2. The van der Waals surface area contributed by atoms with Gasteiger partial charge in [0.2, 0.25) is 5.91 Å². The van der Waals surface area contributed by atoms with E-state index in [0.717, 1.165) is 25.7 Å². The number of hydrogen-bond acceptors (Lipinski definition) is 2. The van der Waals surface area contributed by atoms with E-state index in [1.807, 2.05) is 0 Å². The third-order valence-corrected chi connectivity index (χ3v) is 4.66. The molecule has 0 radical (unpaired) electrons. The van der Waals surface area contributed by atoms with Crippen LogP contribution < -0.4 is 5.32 Å². The summed E-state index contributed by atoms with van der Waals surface area (Å²) in [6.45, 7) is 2.22. The predicted molar refractivity (Wildman–Crippen MR) is 62.9 cm³/mol. The number of carbonyl (C=O) groups excluding carboxylic acids is 1. The second-order valence-corrected chi connectivity index (χ2v) is 5.65. The maximum Gasteiger partial charge on any atom is 0.224 e. The number of nitrogens with one attached hydrogen (secondary N) is 1. The van der Waals surface area contributed by atoms with Crippen LogP contribution in [0.5, 0.6) is 0 Å². The van der Waals surface area contributed by atoms with Gasteiger partial charge in [0, 0.05) is 18.5 Å². The van der Waals surface area contributed by atoms with Crippen molar-refractivity contribution < 1.29 is 4.79 Å². The first-order valence-corrected chi connectivity index (χ1v) is 6.87. The fourth-order valence-corrected chi connectivity index (χ4v) is 4.10. The van der Waals surface area contributed by atoms with E-state index < -0.39 is 0 Å². The van der Waals surface area contributed by atoms with Gasteiger partial charge in [-0.1, -0.05) is 26.2 Å². The first-order chi connectivity index (χ1) is 7.77. The highest BCUT2D eigenvalue weighted by Crippen LogP contribution is 2.43. The van der Waals surface area contributed by atoms with E-state index in [0.29, 0.717) is 18.0 Å². The minimum atomic E-state index is 0.0471. The zero-order chi connectivity index (χ0) is 11.2. The van der Waals surface area contributed by atoms with Gasteiger partial charge in [-0.2, -0.15) is 0 Å². The Morgan fingerprint density at radius 1 is 1.44 bits per heavy atom. The maximum absolute atomic E-state index is 12.1. The highest BCUT2D eigenvalue weighted by atomic mass is 16.2. The number of fused-ring (bicyclic) bond motifs is 3. The molecule has 0 aromatic rings. The molecular weight excluding hydrogens is 200 g/mol. The van der Waals surface area contributed by atoms with Gasteiger partial charge in [-0.05, 0) is 25.7 Å². The lowest BCUT2D eigenvalue weighted by Crippen LogP contribution is -2.49. The first kappa shape index (κ1) is 10.6. The summed E-state index contributed by atoms with van der Waals surface area (Å²) in [5.74, 6) is 0.398. The Labute approximate surface area is 97.6 Å². The van der Waals surface area contributed by atoms with E-state index in [1.165, 1.54) is 25.7 Å². The van der Waals surface area contributed by atoms with Crippen molar-refractivity contribution in [1.29, 1.82) is 0 Å². The molecule has 0 aromatic heterocycles. The molecule has 2 saturated heterocycles. The third-order valence-electron chi connectivity index (χ3n) is 4.66. The Bertz CT molecular complexity index is 304. The van der Waals surface area contributed by atoms with Crippen LogP contribution >= 0.6 is 0 Å². The van der Waals surface area contributed by atoms with Crippen LogP contribution in [-0.4, -0.2) is 28.6 Å².